The molecule has 0 aromatic rings. The number of piperidine rings is 1. The Morgan fingerprint density at radius 3 is 2.17 bits per heavy atom. The molecule has 3 N–H and O–H groups in total. The minimum Gasteiger partial charge on any atom is -0.296 e. The third kappa shape index (κ3) is 2.89. The third-order valence-electron chi connectivity index (χ3n) is 5.01. The Morgan fingerprint density at radius 1 is 1.06 bits per heavy atom. The van der Waals surface area contributed by atoms with Gasteiger partial charge in [-0.25, -0.2) is 0 Å². The van der Waals surface area contributed by atoms with Crippen LogP contribution in [-0.4, -0.2) is 29.6 Å². The first-order valence-electron chi connectivity index (χ1n) is 7.90. The van der Waals surface area contributed by atoms with Gasteiger partial charge in [0.2, 0.25) is 0 Å². The molecule has 18 heavy (non-hydrogen) atoms. The monoisotopic (exact) mass is 253 g/mol. The van der Waals surface area contributed by atoms with E-state index in [4.69, 9.17) is 5.84 Å². The van der Waals surface area contributed by atoms with Crippen molar-refractivity contribution in [2.45, 2.75) is 76.8 Å². The molecule has 3 nitrogen and oxygen atoms in total. The average Bonchev–Trinajstić information content (AvgIpc) is 2.87. The van der Waals surface area contributed by atoms with Gasteiger partial charge < -0.3 is 0 Å². The van der Waals surface area contributed by atoms with Crippen molar-refractivity contribution in [2.24, 2.45) is 11.8 Å². The van der Waals surface area contributed by atoms with Gasteiger partial charge in [-0.3, -0.25) is 16.2 Å². The molecule has 0 aromatic carbocycles. The number of hydrogen-bond acceptors (Lipinski definition) is 3. The summed E-state index contributed by atoms with van der Waals surface area (Å²) in [5, 5.41) is 0. The highest BCUT2D eigenvalue weighted by molar-refractivity contribution is 5.03. The lowest BCUT2D eigenvalue weighted by Crippen LogP contribution is -2.62. The van der Waals surface area contributed by atoms with Crippen LogP contribution in [0.3, 0.4) is 0 Å². The fourth-order valence-electron chi connectivity index (χ4n) is 4.13. The minimum absolute atomic E-state index is 0.361. The fraction of sp³-hybridized carbons (Fsp3) is 1.00. The number of hydrogen-bond donors (Lipinski definition) is 2. The SMILES string of the molecule is CC(C)CC(NN)C1(N2CCCCC2)CCCC1. The second-order valence-corrected chi connectivity index (χ2v) is 6.71. The molecule has 2 rings (SSSR count). The van der Waals surface area contributed by atoms with E-state index in [9.17, 15) is 0 Å². The maximum atomic E-state index is 5.92. The molecule has 0 amide bonds. The van der Waals surface area contributed by atoms with E-state index in [1.165, 1.54) is 64.5 Å². The van der Waals surface area contributed by atoms with Gasteiger partial charge in [-0.05, 0) is 51.1 Å². The second kappa shape index (κ2) is 6.36. The summed E-state index contributed by atoms with van der Waals surface area (Å²) in [4.78, 5) is 2.77. The lowest BCUT2D eigenvalue weighted by Gasteiger charge is -2.48. The van der Waals surface area contributed by atoms with Crippen LogP contribution < -0.4 is 11.3 Å². The molecule has 1 heterocycles. The molecular weight excluding hydrogens is 222 g/mol. The van der Waals surface area contributed by atoms with Crippen LogP contribution in [0, 0.1) is 5.92 Å². The normalized spacial score (nSPS) is 26.7. The zero-order valence-electron chi connectivity index (χ0n) is 12.3. The van der Waals surface area contributed by atoms with Crippen molar-refractivity contribution in [3.63, 3.8) is 0 Å². The number of nitrogens with zero attached hydrogens (tertiary/aromatic N) is 1. The standard InChI is InChI=1S/C15H31N3/c1-13(2)12-14(17-16)15(8-4-5-9-15)18-10-6-3-7-11-18/h13-14,17H,3-12,16H2,1-2H3. The van der Waals surface area contributed by atoms with Crippen molar-refractivity contribution in [3.8, 4) is 0 Å². The van der Waals surface area contributed by atoms with E-state index < -0.39 is 0 Å². The van der Waals surface area contributed by atoms with Crippen LogP contribution in [0.15, 0.2) is 0 Å². The molecule has 3 heteroatoms. The van der Waals surface area contributed by atoms with E-state index in [-0.39, 0.29) is 0 Å². The van der Waals surface area contributed by atoms with E-state index >= 15 is 0 Å². The summed E-state index contributed by atoms with van der Waals surface area (Å²) in [6.45, 7) is 7.19. The Labute approximate surface area is 112 Å². The van der Waals surface area contributed by atoms with Crippen molar-refractivity contribution in [1.82, 2.24) is 10.3 Å². The summed E-state index contributed by atoms with van der Waals surface area (Å²) in [6.07, 6.45) is 10.8. The van der Waals surface area contributed by atoms with E-state index in [1.807, 2.05) is 0 Å². The van der Waals surface area contributed by atoms with Crippen molar-refractivity contribution in [2.75, 3.05) is 13.1 Å². The van der Waals surface area contributed by atoms with Gasteiger partial charge in [0, 0.05) is 11.6 Å². The topological polar surface area (TPSA) is 41.3 Å². The van der Waals surface area contributed by atoms with E-state index in [1.54, 1.807) is 0 Å². The molecule has 0 aromatic heterocycles. The molecule has 0 spiro atoms. The lowest BCUT2D eigenvalue weighted by molar-refractivity contribution is 0.0301. The molecule has 1 aliphatic heterocycles. The van der Waals surface area contributed by atoms with Gasteiger partial charge in [0.25, 0.3) is 0 Å². The van der Waals surface area contributed by atoms with Gasteiger partial charge in [-0.15, -0.1) is 0 Å². The highest BCUT2D eigenvalue weighted by Gasteiger charge is 2.45. The first-order valence-corrected chi connectivity index (χ1v) is 7.90. The molecule has 1 aliphatic carbocycles. The highest BCUT2D eigenvalue weighted by atomic mass is 15.3. The first kappa shape index (κ1) is 14.3. The van der Waals surface area contributed by atoms with Gasteiger partial charge in [0.1, 0.15) is 0 Å². The van der Waals surface area contributed by atoms with E-state index in [2.05, 4.69) is 24.2 Å². The van der Waals surface area contributed by atoms with E-state index in [0.29, 0.717) is 17.5 Å². The van der Waals surface area contributed by atoms with Crippen molar-refractivity contribution >= 4 is 0 Å². The Hall–Kier alpha value is -0.120. The maximum absolute atomic E-state index is 5.92. The molecule has 106 valence electrons. The van der Waals surface area contributed by atoms with Gasteiger partial charge in [-0.2, -0.15) is 0 Å². The van der Waals surface area contributed by atoms with Crippen molar-refractivity contribution in [3.05, 3.63) is 0 Å². The van der Waals surface area contributed by atoms with Crippen LogP contribution >= 0.6 is 0 Å². The zero-order chi connectivity index (χ0) is 13.0. The van der Waals surface area contributed by atoms with Gasteiger partial charge in [-0.1, -0.05) is 33.1 Å². The number of hydrazine groups is 1. The first-order chi connectivity index (χ1) is 8.69. The largest absolute Gasteiger partial charge is 0.296 e. The third-order valence-corrected chi connectivity index (χ3v) is 5.01. The molecule has 1 saturated carbocycles. The Balaban J connectivity index is 2.13. The Kier molecular flexibility index (Phi) is 5.05. The summed E-state index contributed by atoms with van der Waals surface area (Å²) in [7, 11) is 0. The predicted octanol–water partition coefficient (Wildman–Crippen LogP) is 2.66. The van der Waals surface area contributed by atoms with Crippen LogP contribution in [0.25, 0.3) is 0 Å². The zero-order valence-corrected chi connectivity index (χ0v) is 12.3. The number of nitrogens with two attached hydrogens (primary N) is 1. The quantitative estimate of drug-likeness (QED) is 0.584. The summed E-state index contributed by atoms with van der Waals surface area (Å²) in [5.74, 6) is 6.63. The Bertz CT molecular complexity index is 240. The molecule has 1 unspecified atom stereocenters. The number of rotatable bonds is 5. The van der Waals surface area contributed by atoms with Crippen LogP contribution in [-0.2, 0) is 0 Å². The maximum Gasteiger partial charge on any atom is 0.0397 e. The molecule has 2 fully saturated rings. The van der Waals surface area contributed by atoms with Gasteiger partial charge in [0.05, 0.1) is 0 Å². The smallest absolute Gasteiger partial charge is 0.0397 e. The molecular formula is C15H31N3. The van der Waals surface area contributed by atoms with Crippen LogP contribution in [0.5, 0.6) is 0 Å². The molecule has 0 radical (unpaired) electrons. The average molecular weight is 253 g/mol. The molecule has 2 aliphatic rings. The predicted molar refractivity (Wildman–Crippen MR) is 77.2 cm³/mol. The van der Waals surface area contributed by atoms with Crippen LogP contribution in [0.2, 0.25) is 0 Å². The lowest BCUT2D eigenvalue weighted by atomic mass is 9.81. The van der Waals surface area contributed by atoms with Crippen molar-refractivity contribution < 1.29 is 0 Å². The molecule has 0 bridgehead atoms. The van der Waals surface area contributed by atoms with E-state index in [0.717, 1.165) is 0 Å². The minimum atomic E-state index is 0.361. The molecule has 1 atom stereocenters. The number of likely N-dealkylation sites (tertiary alicyclic amines) is 1. The second-order valence-electron chi connectivity index (χ2n) is 6.71. The summed E-state index contributed by atoms with van der Waals surface area (Å²) < 4.78 is 0. The highest BCUT2D eigenvalue weighted by Crippen LogP contribution is 2.41. The van der Waals surface area contributed by atoms with Crippen molar-refractivity contribution in [1.29, 1.82) is 0 Å². The van der Waals surface area contributed by atoms with Gasteiger partial charge >= 0.3 is 0 Å². The Morgan fingerprint density at radius 2 is 1.67 bits per heavy atom. The van der Waals surface area contributed by atoms with Crippen LogP contribution in [0.1, 0.15) is 65.2 Å². The summed E-state index contributed by atoms with van der Waals surface area (Å²) >= 11 is 0. The summed E-state index contributed by atoms with van der Waals surface area (Å²) in [6, 6.07) is 0.470. The summed E-state index contributed by atoms with van der Waals surface area (Å²) in [5.41, 5.74) is 3.53. The van der Waals surface area contributed by atoms with Gasteiger partial charge in [0.15, 0.2) is 0 Å². The number of nitrogens with one attached hydrogen (secondary N) is 1. The molecule has 1 saturated heterocycles. The van der Waals surface area contributed by atoms with Crippen LogP contribution in [0.4, 0.5) is 0 Å². The fourth-order valence-corrected chi connectivity index (χ4v) is 4.13.